The normalized spacial score (nSPS) is 10.8. The molecule has 0 atom stereocenters. The third-order valence-corrected chi connectivity index (χ3v) is 5.18. The van der Waals surface area contributed by atoms with E-state index in [0.29, 0.717) is 38.2 Å². The second-order valence-corrected chi connectivity index (χ2v) is 7.62. The Hall–Kier alpha value is -3.69. The van der Waals surface area contributed by atoms with Gasteiger partial charge in [-0.25, -0.2) is 9.78 Å². The first-order chi connectivity index (χ1) is 15.3. The van der Waals surface area contributed by atoms with Crippen molar-refractivity contribution in [3.63, 3.8) is 0 Å². The number of anilines is 1. The van der Waals surface area contributed by atoms with Crippen molar-refractivity contribution in [3.8, 4) is 11.3 Å². The van der Waals surface area contributed by atoms with Gasteiger partial charge < -0.3 is 15.7 Å². The zero-order chi connectivity index (χ0) is 22.8. The van der Waals surface area contributed by atoms with Crippen molar-refractivity contribution in [2.45, 2.75) is 13.5 Å². The summed E-state index contributed by atoms with van der Waals surface area (Å²) in [4.78, 5) is 32.5. The average Bonchev–Trinajstić information content (AvgIpc) is 3.17. The molecule has 0 saturated heterocycles. The van der Waals surface area contributed by atoms with Gasteiger partial charge in [-0.2, -0.15) is 9.50 Å². The molecule has 3 N–H and O–H groups in total. The van der Waals surface area contributed by atoms with Crippen LogP contribution in [0.25, 0.3) is 17.0 Å². The standard InChI is InChI=1S/C21H16Cl2N6O3/c1-11-15(10-24-21(31)32)17(14-8-7-12(22)9-16(14)23)29-20(25-11)27-18(28-29)19(30)26-13-5-3-2-4-6-13/h2-9,24H,10H2,1H3,(H,26,30)(H,31,32). The molecule has 0 fully saturated rings. The van der Waals surface area contributed by atoms with Gasteiger partial charge in [-0.05, 0) is 37.3 Å². The number of benzene rings is 2. The van der Waals surface area contributed by atoms with Crippen LogP contribution in [0.5, 0.6) is 0 Å². The zero-order valence-corrected chi connectivity index (χ0v) is 18.1. The number of halogens is 2. The summed E-state index contributed by atoms with van der Waals surface area (Å²) < 4.78 is 1.38. The lowest BCUT2D eigenvalue weighted by atomic mass is 10.0. The highest BCUT2D eigenvalue weighted by molar-refractivity contribution is 6.36. The van der Waals surface area contributed by atoms with Gasteiger partial charge in [-0.15, -0.1) is 5.10 Å². The first kappa shape index (κ1) is 21.5. The highest BCUT2D eigenvalue weighted by Crippen LogP contribution is 2.33. The van der Waals surface area contributed by atoms with Crippen LogP contribution in [0.15, 0.2) is 48.5 Å². The zero-order valence-electron chi connectivity index (χ0n) is 16.6. The molecule has 9 nitrogen and oxygen atoms in total. The summed E-state index contributed by atoms with van der Waals surface area (Å²) in [7, 11) is 0. The Morgan fingerprint density at radius 1 is 1.09 bits per heavy atom. The van der Waals surface area contributed by atoms with E-state index in [-0.39, 0.29) is 18.1 Å². The van der Waals surface area contributed by atoms with Gasteiger partial charge in [0, 0.05) is 27.5 Å². The molecule has 11 heteroatoms. The molecule has 0 radical (unpaired) electrons. The van der Waals surface area contributed by atoms with Crippen LogP contribution in [0.4, 0.5) is 10.5 Å². The maximum atomic E-state index is 12.7. The first-order valence-corrected chi connectivity index (χ1v) is 10.1. The van der Waals surface area contributed by atoms with Gasteiger partial charge in [-0.1, -0.05) is 41.4 Å². The number of fused-ring (bicyclic) bond motifs is 1. The molecule has 4 rings (SSSR count). The summed E-state index contributed by atoms with van der Waals surface area (Å²) in [5.41, 5.74) is 2.62. The van der Waals surface area contributed by atoms with Crippen LogP contribution in [0, 0.1) is 6.92 Å². The summed E-state index contributed by atoms with van der Waals surface area (Å²) in [5, 5.41) is 19.3. The van der Waals surface area contributed by atoms with Crippen LogP contribution in [0.2, 0.25) is 10.0 Å². The summed E-state index contributed by atoms with van der Waals surface area (Å²) in [5.74, 6) is -0.450. The Labute approximate surface area is 192 Å². The molecule has 0 saturated carbocycles. The fraction of sp³-hybridized carbons (Fsp3) is 0.0952. The lowest BCUT2D eigenvalue weighted by Gasteiger charge is -2.15. The summed E-state index contributed by atoms with van der Waals surface area (Å²) in [6.45, 7) is 1.66. The SMILES string of the molecule is Cc1nc2nc(C(=O)Nc3ccccc3)nn2c(-c2ccc(Cl)cc2Cl)c1CNC(=O)O. The van der Waals surface area contributed by atoms with Gasteiger partial charge >= 0.3 is 6.09 Å². The predicted octanol–water partition coefficient (Wildman–Crippen LogP) is 4.43. The molecule has 0 unspecified atom stereocenters. The minimum absolute atomic E-state index is 0.0518. The van der Waals surface area contributed by atoms with E-state index in [2.05, 4.69) is 25.7 Å². The number of carbonyl (C=O) groups excluding carboxylic acids is 1. The fourth-order valence-corrected chi connectivity index (χ4v) is 3.68. The van der Waals surface area contributed by atoms with Crippen LogP contribution in [-0.2, 0) is 6.54 Å². The molecule has 2 aromatic heterocycles. The minimum Gasteiger partial charge on any atom is -0.465 e. The monoisotopic (exact) mass is 470 g/mol. The fourth-order valence-electron chi connectivity index (χ4n) is 3.18. The van der Waals surface area contributed by atoms with E-state index < -0.39 is 12.0 Å². The minimum atomic E-state index is -1.20. The largest absolute Gasteiger partial charge is 0.465 e. The maximum Gasteiger partial charge on any atom is 0.404 e. The van der Waals surface area contributed by atoms with Gasteiger partial charge in [0.25, 0.3) is 11.7 Å². The Kier molecular flexibility index (Phi) is 5.93. The van der Waals surface area contributed by atoms with Crippen molar-refractivity contribution in [2.75, 3.05) is 5.32 Å². The van der Waals surface area contributed by atoms with Gasteiger partial charge in [0.1, 0.15) is 0 Å². The number of nitrogens with one attached hydrogen (secondary N) is 2. The van der Waals surface area contributed by atoms with Gasteiger partial charge in [-0.3, -0.25) is 4.79 Å². The Morgan fingerprint density at radius 2 is 1.84 bits per heavy atom. The van der Waals surface area contributed by atoms with E-state index in [4.69, 9.17) is 28.3 Å². The summed E-state index contributed by atoms with van der Waals surface area (Å²) in [6.07, 6.45) is -1.20. The molecule has 0 aliphatic heterocycles. The second-order valence-electron chi connectivity index (χ2n) is 6.77. The number of hydrogen-bond donors (Lipinski definition) is 3. The lowest BCUT2D eigenvalue weighted by molar-refractivity contribution is 0.101. The highest BCUT2D eigenvalue weighted by Gasteiger charge is 2.22. The topological polar surface area (TPSA) is 122 Å². The van der Waals surface area contributed by atoms with E-state index >= 15 is 0 Å². The third-order valence-electron chi connectivity index (χ3n) is 4.63. The average molecular weight is 471 g/mol. The van der Waals surface area contributed by atoms with Crippen molar-refractivity contribution in [1.29, 1.82) is 0 Å². The maximum absolute atomic E-state index is 12.7. The molecular formula is C21H16Cl2N6O3. The van der Waals surface area contributed by atoms with E-state index in [1.54, 1.807) is 49.4 Å². The Balaban J connectivity index is 1.87. The number of rotatable bonds is 5. The van der Waals surface area contributed by atoms with Gasteiger partial charge in [0.05, 0.1) is 17.3 Å². The van der Waals surface area contributed by atoms with E-state index in [1.165, 1.54) is 4.52 Å². The second kappa shape index (κ2) is 8.81. The molecule has 162 valence electrons. The molecular weight excluding hydrogens is 455 g/mol. The van der Waals surface area contributed by atoms with Crippen molar-refractivity contribution >= 4 is 46.7 Å². The summed E-state index contributed by atoms with van der Waals surface area (Å²) >= 11 is 12.5. The number of aryl methyl sites for hydroxylation is 1. The van der Waals surface area contributed by atoms with Gasteiger partial charge in [0.15, 0.2) is 0 Å². The number of aromatic nitrogens is 4. The van der Waals surface area contributed by atoms with Crippen LogP contribution >= 0.6 is 23.2 Å². The Bertz CT molecular complexity index is 1340. The van der Waals surface area contributed by atoms with E-state index in [0.717, 1.165) is 0 Å². The van der Waals surface area contributed by atoms with Crippen molar-refractivity contribution < 1.29 is 14.7 Å². The molecule has 2 aromatic carbocycles. The number of carboxylic acid groups (broad SMARTS) is 1. The lowest BCUT2D eigenvalue weighted by Crippen LogP contribution is -2.22. The van der Waals surface area contributed by atoms with Crippen LogP contribution in [-0.4, -0.2) is 36.7 Å². The van der Waals surface area contributed by atoms with Crippen molar-refractivity contribution in [3.05, 3.63) is 75.7 Å². The Morgan fingerprint density at radius 3 is 2.53 bits per heavy atom. The number of carbonyl (C=O) groups is 2. The number of amides is 2. The molecule has 2 heterocycles. The first-order valence-electron chi connectivity index (χ1n) is 9.38. The third kappa shape index (κ3) is 4.34. The molecule has 32 heavy (non-hydrogen) atoms. The molecule has 0 bridgehead atoms. The van der Waals surface area contributed by atoms with Gasteiger partial charge in [0.2, 0.25) is 5.82 Å². The van der Waals surface area contributed by atoms with Crippen LogP contribution < -0.4 is 10.6 Å². The molecule has 0 aliphatic rings. The summed E-state index contributed by atoms with van der Waals surface area (Å²) in [6, 6.07) is 13.8. The predicted molar refractivity (Wildman–Crippen MR) is 120 cm³/mol. The highest BCUT2D eigenvalue weighted by atomic mass is 35.5. The molecule has 4 aromatic rings. The van der Waals surface area contributed by atoms with Crippen molar-refractivity contribution in [1.82, 2.24) is 24.9 Å². The van der Waals surface area contributed by atoms with E-state index in [9.17, 15) is 9.59 Å². The van der Waals surface area contributed by atoms with Crippen molar-refractivity contribution in [2.24, 2.45) is 0 Å². The molecule has 0 spiro atoms. The molecule has 2 amide bonds. The molecule has 0 aliphatic carbocycles. The number of hydrogen-bond acceptors (Lipinski definition) is 5. The van der Waals surface area contributed by atoms with Crippen LogP contribution in [0.3, 0.4) is 0 Å². The van der Waals surface area contributed by atoms with E-state index in [1.807, 2.05) is 6.07 Å². The number of nitrogens with zero attached hydrogens (tertiary/aromatic N) is 4. The quantitative estimate of drug-likeness (QED) is 0.396. The number of para-hydroxylation sites is 1. The smallest absolute Gasteiger partial charge is 0.404 e. The van der Waals surface area contributed by atoms with Crippen LogP contribution in [0.1, 0.15) is 21.9 Å².